The maximum atomic E-state index is 14.5. The predicted molar refractivity (Wildman–Crippen MR) is 143 cm³/mol. The highest BCUT2D eigenvalue weighted by Gasteiger charge is 2.50. The summed E-state index contributed by atoms with van der Waals surface area (Å²) in [6.45, 7) is 2.03. The fourth-order valence-electron chi connectivity index (χ4n) is 7.07. The summed E-state index contributed by atoms with van der Waals surface area (Å²) in [4.78, 5) is 31.2. The minimum Gasteiger partial charge on any atom is -0.481 e. The number of carbonyl (C=O) groups is 2. The molecular formula is C28H33Cl2F3N4O3. The van der Waals surface area contributed by atoms with Gasteiger partial charge in [0, 0.05) is 25.0 Å². The molecule has 1 aliphatic heterocycles. The van der Waals surface area contributed by atoms with E-state index < -0.39 is 40.8 Å². The number of aromatic nitrogens is 3. The smallest absolute Gasteiger partial charge is 0.433 e. The van der Waals surface area contributed by atoms with E-state index in [1.165, 1.54) is 12.4 Å². The number of hydrogen-bond acceptors (Lipinski definition) is 4. The van der Waals surface area contributed by atoms with Crippen molar-refractivity contribution in [3.63, 3.8) is 0 Å². The predicted octanol–water partition coefficient (Wildman–Crippen LogP) is 7.22. The van der Waals surface area contributed by atoms with E-state index in [9.17, 15) is 27.9 Å². The minimum absolute atomic E-state index is 0.0921. The largest absolute Gasteiger partial charge is 0.481 e. The van der Waals surface area contributed by atoms with Crippen LogP contribution in [0, 0.1) is 10.8 Å². The third kappa shape index (κ3) is 5.45. The van der Waals surface area contributed by atoms with Crippen molar-refractivity contribution in [1.29, 1.82) is 0 Å². The average Bonchev–Trinajstić information content (AvgIpc) is 3.62. The fourth-order valence-corrected chi connectivity index (χ4v) is 7.62. The molecule has 0 aromatic carbocycles. The number of carboxylic acids is 1. The summed E-state index contributed by atoms with van der Waals surface area (Å²) in [5.41, 5.74) is -1.84. The van der Waals surface area contributed by atoms with Gasteiger partial charge in [0.2, 0.25) is 0 Å². The van der Waals surface area contributed by atoms with Crippen LogP contribution in [0.3, 0.4) is 0 Å². The first-order valence-electron chi connectivity index (χ1n) is 13.8. The molecule has 12 heteroatoms. The first kappa shape index (κ1) is 29.2. The van der Waals surface area contributed by atoms with E-state index in [1.807, 2.05) is 0 Å². The first-order chi connectivity index (χ1) is 18.8. The molecular weight excluding hydrogens is 568 g/mol. The zero-order chi connectivity index (χ0) is 28.9. The van der Waals surface area contributed by atoms with Crippen LogP contribution in [0.25, 0.3) is 0 Å². The molecule has 1 unspecified atom stereocenters. The highest BCUT2D eigenvalue weighted by Crippen LogP contribution is 2.50. The molecule has 3 fully saturated rings. The van der Waals surface area contributed by atoms with Crippen LogP contribution >= 0.6 is 23.2 Å². The van der Waals surface area contributed by atoms with Crippen LogP contribution < -0.4 is 0 Å². The van der Waals surface area contributed by atoms with Crippen LogP contribution in [0.5, 0.6) is 0 Å². The van der Waals surface area contributed by atoms with Gasteiger partial charge in [-0.25, -0.2) is 0 Å². The Balaban J connectivity index is 1.43. The monoisotopic (exact) mass is 600 g/mol. The molecule has 1 N–H and O–H groups in total. The number of nitrogens with zero attached hydrogens (tertiary/aromatic N) is 4. The number of hydrogen-bond donors (Lipinski definition) is 1. The molecule has 5 rings (SSSR count). The van der Waals surface area contributed by atoms with Crippen molar-refractivity contribution in [3.05, 3.63) is 45.5 Å². The van der Waals surface area contributed by atoms with E-state index >= 15 is 0 Å². The van der Waals surface area contributed by atoms with Gasteiger partial charge in [0.25, 0.3) is 5.91 Å². The quantitative estimate of drug-likeness (QED) is 0.378. The molecule has 1 saturated heterocycles. The molecule has 1 atom stereocenters. The van der Waals surface area contributed by atoms with Crippen molar-refractivity contribution >= 4 is 35.1 Å². The van der Waals surface area contributed by atoms with E-state index in [1.54, 1.807) is 11.8 Å². The number of halogens is 5. The number of likely N-dealkylation sites (tertiary alicyclic amines) is 1. The third-order valence-corrected chi connectivity index (χ3v) is 10.1. The molecule has 40 heavy (non-hydrogen) atoms. The summed E-state index contributed by atoms with van der Waals surface area (Å²) in [5, 5.41) is 14.5. The van der Waals surface area contributed by atoms with Gasteiger partial charge >= 0.3 is 12.1 Å². The lowest BCUT2D eigenvalue weighted by Crippen LogP contribution is -2.38. The van der Waals surface area contributed by atoms with Gasteiger partial charge in [-0.05, 0) is 75.7 Å². The van der Waals surface area contributed by atoms with Gasteiger partial charge in [0.1, 0.15) is 0 Å². The standard InChI is InChI=1S/C28H33Cl2F3N4O3/c1-26(25(39)40)10-6-17(7-11-26)37-23(28(31,32)33)20(13-35-37)24(38)36-16-27(8-2-3-9-27)12-18(36)4-5-19-21(29)14-34-15-22(19)30/h13-15,17-18H,2-12,16H2,1H3,(H,39,40). The molecule has 2 saturated carbocycles. The average molecular weight is 601 g/mol. The van der Waals surface area contributed by atoms with Crippen LogP contribution in [0.4, 0.5) is 13.2 Å². The Hall–Kier alpha value is -2.33. The number of carboxylic acid groups (broad SMARTS) is 1. The lowest BCUT2D eigenvalue weighted by molar-refractivity contribution is -0.152. The van der Waals surface area contributed by atoms with Crippen LogP contribution in [0.2, 0.25) is 10.0 Å². The zero-order valence-electron chi connectivity index (χ0n) is 22.3. The molecule has 0 bridgehead atoms. The van der Waals surface area contributed by atoms with Crippen LogP contribution in [-0.4, -0.2) is 49.2 Å². The Labute approximate surface area is 241 Å². The van der Waals surface area contributed by atoms with Gasteiger partial charge in [-0.2, -0.15) is 18.3 Å². The lowest BCUT2D eigenvalue weighted by atomic mass is 9.74. The third-order valence-electron chi connectivity index (χ3n) is 9.44. The Morgan fingerprint density at radius 2 is 1.70 bits per heavy atom. The van der Waals surface area contributed by atoms with Gasteiger partial charge in [0.05, 0.1) is 33.3 Å². The normalized spacial score (nSPS) is 26.5. The number of rotatable bonds is 6. The first-order valence-corrected chi connectivity index (χ1v) is 14.6. The summed E-state index contributed by atoms with van der Waals surface area (Å²) >= 11 is 12.6. The summed E-state index contributed by atoms with van der Waals surface area (Å²) in [5.74, 6) is -1.61. The summed E-state index contributed by atoms with van der Waals surface area (Å²) in [7, 11) is 0. The van der Waals surface area contributed by atoms with E-state index in [-0.39, 0.29) is 37.1 Å². The highest BCUT2D eigenvalue weighted by atomic mass is 35.5. The molecule has 1 amide bonds. The molecule has 218 valence electrons. The van der Waals surface area contributed by atoms with Crippen molar-refractivity contribution in [1.82, 2.24) is 19.7 Å². The Morgan fingerprint density at radius 3 is 2.27 bits per heavy atom. The van der Waals surface area contributed by atoms with Crippen molar-refractivity contribution in [2.75, 3.05) is 6.54 Å². The molecule has 7 nitrogen and oxygen atoms in total. The Morgan fingerprint density at radius 1 is 1.07 bits per heavy atom. The molecule has 2 aliphatic carbocycles. The SMILES string of the molecule is CC1(C(=O)O)CCC(n2ncc(C(=O)N3CC4(CCCC4)CC3CCc3c(Cl)cncc3Cl)c2C(F)(F)F)CC1. The van der Waals surface area contributed by atoms with Crippen LogP contribution in [0.15, 0.2) is 18.6 Å². The second kappa shape index (κ2) is 10.8. The Bertz CT molecular complexity index is 1260. The number of aliphatic carboxylic acids is 1. The van der Waals surface area contributed by atoms with Gasteiger partial charge in [-0.1, -0.05) is 36.0 Å². The summed E-state index contributed by atoms with van der Waals surface area (Å²) < 4.78 is 44.5. The van der Waals surface area contributed by atoms with E-state index in [2.05, 4.69) is 10.1 Å². The molecule has 0 radical (unpaired) electrons. The molecule has 3 heterocycles. The highest BCUT2D eigenvalue weighted by molar-refractivity contribution is 6.35. The van der Waals surface area contributed by atoms with Gasteiger partial charge in [-0.3, -0.25) is 19.3 Å². The number of amides is 1. The second-order valence-corrected chi connectivity index (χ2v) is 12.9. The molecule has 2 aromatic rings. The van der Waals surface area contributed by atoms with E-state index in [4.69, 9.17) is 23.2 Å². The zero-order valence-corrected chi connectivity index (χ0v) is 23.8. The number of pyridine rings is 1. The van der Waals surface area contributed by atoms with Crippen LogP contribution in [-0.2, 0) is 17.4 Å². The van der Waals surface area contributed by atoms with Crippen molar-refractivity contribution in [2.45, 2.75) is 95.8 Å². The Kier molecular flexibility index (Phi) is 7.89. The minimum atomic E-state index is -4.80. The summed E-state index contributed by atoms with van der Waals surface area (Å²) in [6, 6.07) is -0.890. The van der Waals surface area contributed by atoms with Crippen LogP contribution in [0.1, 0.15) is 98.8 Å². The maximum Gasteiger partial charge on any atom is 0.433 e. The number of alkyl halides is 3. The van der Waals surface area contributed by atoms with Crippen molar-refractivity contribution in [3.8, 4) is 0 Å². The van der Waals surface area contributed by atoms with Gasteiger partial charge in [0.15, 0.2) is 5.69 Å². The van der Waals surface area contributed by atoms with Crippen molar-refractivity contribution in [2.24, 2.45) is 10.8 Å². The van der Waals surface area contributed by atoms with Crippen molar-refractivity contribution < 1.29 is 27.9 Å². The van der Waals surface area contributed by atoms with Gasteiger partial charge < -0.3 is 10.0 Å². The molecule has 1 spiro atoms. The number of carbonyl (C=O) groups excluding carboxylic acids is 1. The fraction of sp³-hybridized carbons (Fsp3) is 0.643. The summed E-state index contributed by atoms with van der Waals surface area (Å²) in [6.07, 6.45) is 5.91. The second-order valence-electron chi connectivity index (χ2n) is 12.1. The maximum absolute atomic E-state index is 14.5. The van der Waals surface area contributed by atoms with E-state index in [0.29, 0.717) is 35.0 Å². The lowest BCUT2D eigenvalue weighted by Gasteiger charge is -2.34. The molecule has 2 aromatic heterocycles. The van der Waals surface area contributed by atoms with Gasteiger partial charge in [-0.15, -0.1) is 0 Å². The molecule has 3 aliphatic rings. The van der Waals surface area contributed by atoms with E-state index in [0.717, 1.165) is 43.0 Å². The topological polar surface area (TPSA) is 88.3 Å².